The molecule has 14 heavy (non-hydrogen) atoms. The third-order valence-corrected chi connectivity index (χ3v) is 2.06. The standard InChI is InChI=1S/C9H10BrNO3/c10-6-3-5-9(12)8-4-1-2-7-13-14-11-8/h1-2,4,7H,3,5-6H2. The Morgan fingerprint density at radius 3 is 3.14 bits per heavy atom. The molecule has 0 saturated heterocycles. The Morgan fingerprint density at radius 2 is 2.36 bits per heavy atom. The zero-order valence-electron chi connectivity index (χ0n) is 7.48. The highest BCUT2D eigenvalue weighted by Crippen LogP contribution is 2.02. The minimum Gasteiger partial charge on any atom is -0.292 e. The number of carbonyl (C=O) groups is 1. The highest BCUT2D eigenvalue weighted by atomic mass is 79.9. The van der Waals surface area contributed by atoms with Gasteiger partial charge in [-0.25, -0.2) is 0 Å². The second kappa shape index (κ2) is 6.37. The molecule has 4 nitrogen and oxygen atoms in total. The molecular weight excluding hydrogens is 250 g/mol. The van der Waals surface area contributed by atoms with E-state index >= 15 is 0 Å². The number of carbonyl (C=O) groups excluding carboxylic acids is 1. The van der Waals surface area contributed by atoms with Crippen LogP contribution in [0, 0.1) is 0 Å². The van der Waals surface area contributed by atoms with Crippen LogP contribution in [0.3, 0.4) is 0 Å². The highest BCUT2D eigenvalue weighted by Gasteiger charge is 2.05. The zero-order valence-corrected chi connectivity index (χ0v) is 9.07. The summed E-state index contributed by atoms with van der Waals surface area (Å²) in [6.07, 6.45) is 2.56. The maximum Gasteiger partial charge on any atom is 0.184 e. The molecule has 1 heterocycles. The number of alkyl halides is 1. The molecule has 0 saturated carbocycles. The highest BCUT2D eigenvalue weighted by molar-refractivity contribution is 9.09. The van der Waals surface area contributed by atoms with Crippen LogP contribution in [0.2, 0.25) is 0 Å². The molecule has 0 aliphatic carbocycles. The van der Waals surface area contributed by atoms with Crippen molar-refractivity contribution in [1.29, 1.82) is 0 Å². The first-order valence-electron chi connectivity index (χ1n) is 4.17. The van der Waals surface area contributed by atoms with Crippen molar-refractivity contribution >= 4 is 21.7 Å². The Labute approximate surface area is 89.6 Å². The average molecular weight is 260 g/mol. The molecule has 0 spiro atoms. The smallest absolute Gasteiger partial charge is 0.184 e. The third-order valence-electron chi connectivity index (χ3n) is 1.50. The first-order chi connectivity index (χ1) is 6.84. The molecule has 0 aromatic carbocycles. The molecule has 0 aliphatic rings. The minimum atomic E-state index is -0.0559. The van der Waals surface area contributed by atoms with E-state index in [0.29, 0.717) is 6.42 Å². The largest absolute Gasteiger partial charge is 0.292 e. The predicted molar refractivity (Wildman–Crippen MR) is 53.8 cm³/mol. The lowest BCUT2D eigenvalue weighted by atomic mass is 10.2. The topological polar surface area (TPSA) is 56.2 Å². The molecule has 76 valence electrons. The van der Waals surface area contributed by atoms with Gasteiger partial charge in [0.1, 0.15) is 6.26 Å². The monoisotopic (exact) mass is 259 g/mol. The maximum absolute atomic E-state index is 11.5. The Bertz CT molecular complexity index is 311. The minimum absolute atomic E-state index is 0.0559. The number of halogens is 1. The van der Waals surface area contributed by atoms with Crippen molar-refractivity contribution in [3.05, 3.63) is 30.2 Å². The van der Waals surface area contributed by atoms with E-state index in [0.717, 1.165) is 11.8 Å². The number of ketones is 1. The number of Topliss-reactive ketones (excluding diaryl/α,β-unsaturated/α-hetero) is 1. The van der Waals surface area contributed by atoms with Gasteiger partial charge in [0.2, 0.25) is 0 Å². The van der Waals surface area contributed by atoms with Crippen LogP contribution in [-0.2, 0) is 0 Å². The summed E-state index contributed by atoms with van der Waals surface area (Å²) >= 11 is 3.25. The van der Waals surface area contributed by atoms with Crippen LogP contribution in [0.4, 0.5) is 0 Å². The predicted octanol–water partition coefficient (Wildman–Crippen LogP) is 2.75. The lowest BCUT2D eigenvalue weighted by molar-refractivity contribution is -0.0124. The fourth-order valence-electron chi connectivity index (χ4n) is 0.840. The van der Waals surface area contributed by atoms with Crippen LogP contribution in [-0.4, -0.2) is 16.3 Å². The van der Waals surface area contributed by atoms with E-state index in [9.17, 15) is 4.79 Å². The van der Waals surface area contributed by atoms with E-state index in [4.69, 9.17) is 0 Å². The van der Waals surface area contributed by atoms with E-state index in [1.54, 1.807) is 18.2 Å². The molecule has 1 rings (SSSR count). The lowest BCUT2D eigenvalue weighted by Gasteiger charge is -1.93. The Morgan fingerprint density at radius 1 is 1.50 bits per heavy atom. The molecule has 0 unspecified atom stereocenters. The van der Waals surface area contributed by atoms with Gasteiger partial charge in [-0.2, -0.15) is 4.68 Å². The number of rotatable bonds is 4. The van der Waals surface area contributed by atoms with Crippen molar-refractivity contribution in [2.45, 2.75) is 12.8 Å². The van der Waals surface area contributed by atoms with Gasteiger partial charge in [-0.05, 0) is 23.7 Å². The zero-order chi connectivity index (χ0) is 10.2. The van der Waals surface area contributed by atoms with Crippen LogP contribution in [0.5, 0.6) is 0 Å². The van der Waals surface area contributed by atoms with Gasteiger partial charge >= 0.3 is 0 Å². The van der Waals surface area contributed by atoms with Crippen molar-refractivity contribution in [2.75, 3.05) is 5.33 Å². The molecule has 0 fully saturated rings. The van der Waals surface area contributed by atoms with Crippen LogP contribution in [0.1, 0.15) is 23.3 Å². The van der Waals surface area contributed by atoms with Crippen LogP contribution in [0.25, 0.3) is 0 Å². The molecule has 0 bridgehead atoms. The van der Waals surface area contributed by atoms with Gasteiger partial charge in [0, 0.05) is 11.8 Å². The molecule has 0 aliphatic heterocycles. The van der Waals surface area contributed by atoms with Crippen molar-refractivity contribution in [1.82, 2.24) is 5.16 Å². The quantitative estimate of drug-likeness (QED) is 0.474. The van der Waals surface area contributed by atoms with Crippen molar-refractivity contribution in [3.8, 4) is 0 Å². The Hall–Kier alpha value is -1.10. The molecule has 1 aromatic rings. The summed E-state index contributed by atoms with van der Waals surface area (Å²) in [7, 11) is 0. The van der Waals surface area contributed by atoms with Crippen LogP contribution < -0.4 is 0 Å². The fraction of sp³-hybridized carbons (Fsp3) is 0.333. The third kappa shape index (κ3) is 3.74. The molecule has 0 atom stereocenters. The summed E-state index contributed by atoms with van der Waals surface area (Å²) in [5.74, 6) is -0.0559. The van der Waals surface area contributed by atoms with Gasteiger partial charge < -0.3 is 0 Å². The van der Waals surface area contributed by atoms with E-state index < -0.39 is 0 Å². The van der Waals surface area contributed by atoms with E-state index in [1.165, 1.54) is 6.26 Å². The van der Waals surface area contributed by atoms with Gasteiger partial charge in [-0.1, -0.05) is 22.0 Å². The molecule has 1 aromatic heterocycles. The van der Waals surface area contributed by atoms with Crippen molar-refractivity contribution in [2.24, 2.45) is 0 Å². The van der Waals surface area contributed by atoms with Crippen LogP contribution in [0.15, 0.2) is 33.7 Å². The number of hydrogen-bond donors (Lipinski definition) is 0. The average Bonchev–Trinajstić information content (AvgIpc) is 2.13. The first-order valence-corrected chi connectivity index (χ1v) is 5.29. The summed E-state index contributed by atoms with van der Waals surface area (Å²) in [6.45, 7) is 0. The van der Waals surface area contributed by atoms with Crippen molar-refractivity contribution < 1.29 is 14.1 Å². The number of nitrogens with zero attached hydrogens (tertiary/aromatic N) is 1. The summed E-state index contributed by atoms with van der Waals surface area (Å²) in [5.41, 5.74) is 0.273. The second-order valence-electron chi connectivity index (χ2n) is 2.55. The van der Waals surface area contributed by atoms with E-state index in [2.05, 4.69) is 30.3 Å². The van der Waals surface area contributed by atoms with Gasteiger partial charge in [0.15, 0.2) is 11.5 Å². The summed E-state index contributed by atoms with van der Waals surface area (Å²) in [6, 6.07) is 4.88. The lowest BCUT2D eigenvalue weighted by Crippen LogP contribution is -2.00. The van der Waals surface area contributed by atoms with E-state index in [-0.39, 0.29) is 11.5 Å². The fourth-order valence-corrected chi connectivity index (χ4v) is 1.12. The second-order valence-corrected chi connectivity index (χ2v) is 3.34. The molecule has 5 heteroatoms. The number of aromatic nitrogens is 1. The maximum atomic E-state index is 11.5. The number of hydrogen-bond acceptors (Lipinski definition) is 4. The summed E-state index contributed by atoms with van der Waals surface area (Å²) < 4.78 is 8.88. The molecule has 0 N–H and O–H groups in total. The van der Waals surface area contributed by atoms with Gasteiger partial charge in [-0.3, -0.25) is 9.37 Å². The first kappa shape index (κ1) is 11.0. The molecular formula is C9H10BrNO3. The van der Waals surface area contributed by atoms with E-state index in [1.807, 2.05) is 0 Å². The van der Waals surface area contributed by atoms with Crippen LogP contribution >= 0.6 is 15.9 Å². The SMILES string of the molecule is O=C(CCCBr)c1ccccoon1. The Kier molecular flexibility index (Phi) is 4.99. The summed E-state index contributed by atoms with van der Waals surface area (Å²) in [4.78, 5) is 11.5. The normalized spacial score (nSPS) is 9.50. The van der Waals surface area contributed by atoms with Gasteiger partial charge in [-0.15, -0.1) is 0 Å². The molecule has 0 radical (unpaired) electrons. The molecule has 0 amide bonds. The van der Waals surface area contributed by atoms with Gasteiger partial charge in [0.25, 0.3) is 0 Å². The summed E-state index contributed by atoms with van der Waals surface area (Å²) in [5, 5.41) is 4.33. The van der Waals surface area contributed by atoms with Gasteiger partial charge in [0.05, 0.1) is 0 Å². The Balaban J connectivity index is 2.75. The van der Waals surface area contributed by atoms with Crippen molar-refractivity contribution in [3.63, 3.8) is 0 Å².